The molecule has 0 aliphatic heterocycles. The number of benzene rings is 2. The van der Waals surface area contributed by atoms with Crippen LogP contribution < -0.4 is 9.47 Å². The summed E-state index contributed by atoms with van der Waals surface area (Å²) < 4.78 is 11.3. The van der Waals surface area contributed by atoms with E-state index >= 15 is 0 Å². The predicted octanol–water partition coefficient (Wildman–Crippen LogP) is 4.71. The van der Waals surface area contributed by atoms with Crippen molar-refractivity contribution in [3.63, 3.8) is 0 Å². The van der Waals surface area contributed by atoms with Crippen LogP contribution in [-0.2, 0) is 0 Å². The highest BCUT2D eigenvalue weighted by molar-refractivity contribution is 9.09. The van der Waals surface area contributed by atoms with Gasteiger partial charge < -0.3 is 9.47 Å². The first kappa shape index (κ1) is 14.2. The predicted molar refractivity (Wildman–Crippen MR) is 83.8 cm³/mol. The van der Waals surface area contributed by atoms with Crippen molar-refractivity contribution >= 4 is 26.7 Å². The van der Waals surface area contributed by atoms with Crippen LogP contribution in [-0.4, -0.2) is 18.5 Å². The second-order valence-electron chi connectivity index (χ2n) is 4.40. The van der Waals surface area contributed by atoms with Gasteiger partial charge >= 0.3 is 0 Å². The molecule has 0 bridgehead atoms. The maximum atomic E-state index is 5.71. The van der Waals surface area contributed by atoms with Crippen LogP contribution in [0.25, 0.3) is 10.8 Å². The average Bonchev–Trinajstić information content (AvgIpc) is 2.42. The highest BCUT2D eigenvalue weighted by Crippen LogP contribution is 2.29. The van der Waals surface area contributed by atoms with Crippen LogP contribution in [0.2, 0.25) is 0 Å². The quantitative estimate of drug-likeness (QED) is 0.566. The maximum absolute atomic E-state index is 5.71. The van der Waals surface area contributed by atoms with Crippen LogP contribution in [0.3, 0.4) is 0 Å². The molecule has 2 rings (SSSR count). The lowest BCUT2D eigenvalue weighted by Gasteiger charge is -2.11. The number of halogens is 1. The minimum Gasteiger partial charge on any atom is -0.494 e. The van der Waals surface area contributed by atoms with E-state index in [1.807, 2.05) is 19.1 Å². The Morgan fingerprint density at radius 3 is 2.68 bits per heavy atom. The van der Waals surface area contributed by atoms with E-state index in [2.05, 4.69) is 41.1 Å². The lowest BCUT2D eigenvalue weighted by Crippen LogP contribution is -1.98. The molecular formula is C16H19BrO2. The number of ether oxygens (including phenoxy) is 2. The average molecular weight is 323 g/mol. The van der Waals surface area contributed by atoms with Crippen molar-refractivity contribution in [3.05, 3.63) is 35.9 Å². The number of fused-ring (bicyclic) bond motifs is 1. The number of aryl methyl sites for hydroxylation is 1. The van der Waals surface area contributed by atoms with Crippen LogP contribution in [0.4, 0.5) is 0 Å². The van der Waals surface area contributed by atoms with Crippen LogP contribution >= 0.6 is 15.9 Å². The highest BCUT2D eigenvalue weighted by Gasteiger charge is 2.05. The van der Waals surface area contributed by atoms with Crippen LogP contribution in [0, 0.1) is 6.92 Å². The summed E-state index contributed by atoms with van der Waals surface area (Å²) in [5.74, 6) is 1.89. The van der Waals surface area contributed by atoms with Crippen LogP contribution in [0.15, 0.2) is 30.3 Å². The fourth-order valence-electron chi connectivity index (χ4n) is 2.09. The molecule has 0 amide bonds. The molecule has 2 nitrogen and oxygen atoms in total. The summed E-state index contributed by atoms with van der Waals surface area (Å²) in [5, 5.41) is 3.38. The van der Waals surface area contributed by atoms with Crippen molar-refractivity contribution in [2.45, 2.75) is 20.3 Å². The molecule has 0 aliphatic carbocycles. The lowest BCUT2D eigenvalue weighted by atomic mass is 10.0. The van der Waals surface area contributed by atoms with Gasteiger partial charge in [0.2, 0.25) is 0 Å². The minimum absolute atomic E-state index is 0.695. The molecule has 102 valence electrons. The molecule has 0 N–H and O–H groups in total. The fourth-order valence-corrected chi connectivity index (χ4v) is 2.32. The lowest BCUT2D eigenvalue weighted by molar-refractivity contribution is 0.319. The topological polar surface area (TPSA) is 18.5 Å². The molecule has 0 heterocycles. The monoisotopic (exact) mass is 322 g/mol. The largest absolute Gasteiger partial charge is 0.494 e. The minimum atomic E-state index is 0.695. The van der Waals surface area contributed by atoms with E-state index in [0.29, 0.717) is 6.61 Å². The van der Waals surface area contributed by atoms with Gasteiger partial charge in [0.25, 0.3) is 0 Å². The summed E-state index contributed by atoms with van der Waals surface area (Å²) in [5.41, 5.74) is 1.19. The van der Waals surface area contributed by atoms with Gasteiger partial charge in [0.1, 0.15) is 11.5 Å². The first-order valence-corrected chi connectivity index (χ1v) is 7.73. The summed E-state index contributed by atoms with van der Waals surface area (Å²) in [4.78, 5) is 0. The van der Waals surface area contributed by atoms with Crippen molar-refractivity contribution in [3.8, 4) is 11.5 Å². The van der Waals surface area contributed by atoms with Crippen molar-refractivity contribution < 1.29 is 9.47 Å². The fraction of sp³-hybridized carbons (Fsp3) is 0.375. The van der Waals surface area contributed by atoms with Crippen LogP contribution in [0.5, 0.6) is 11.5 Å². The summed E-state index contributed by atoms with van der Waals surface area (Å²) in [6, 6.07) is 10.3. The van der Waals surface area contributed by atoms with E-state index in [1.165, 1.54) is 16.3 Å². The number of alkyl halides is 1. The van der Waals surface area contributed by atoms with Crippen molar-refractivity contribution in [1.82, 2.24) is 0 Å². The van der Waals surface area contributed by atoms with Gasteiger partial charge in [-0.2, -0.15) is 0 Å². The highest BCUT2D eigenvalue weighted by atomic mass is 79.9. The van der Waals surface area contributed by atoms with Gasteiger partial charge in [0.05, 0.1) is 13.2 Å². The third-order valence-corrected chi connectivity index (χ3v) is 3.62. The molecule has 3 heteroatoms. The molecule has 0 saturated heterocycles. The Labute approximate surface area is 122 Å². The normalized spacial score (nSPS) is 10.7. The van der Waals surface area contributed by atoms with Gasteiger partial charge in [-0.1, -0.05) is 28.1 Å². The Morgan fingerprint density at radius 2 is 1.95 bits per heavy atom. The van der Waals surface area contributed by atoms with Gasteiger partial charge in [-0.05, 0) is 54.8 Å². The summed E-state index contributed by atoms with van der Waals surface area (Å²) in [6.07, 6.45) is 1.01. The molecular weight excluding hydrogens is 304 g/mol. The van der Waals surface area contributed by atoms with Gasteiger partial charge in [-0.15, -0.1) is 0 Å². The van der Waals surface area contributed by atoms with E-state index in [1.54, 1.807) is 0 Å². The zero-order valence-corrected chi connectivity index (χ0v) is 13.0. The molecule has 2 aromatic carbocycles. The smallest absolute Gasteiger partial charge is 0.122 e. The number of rotatable bonds is 6. The molecule has 0 unspecified atom stereocenters. The summed E-state index contributed by atoms with van der Waals surface area (Å²) >= 11 is 3.40. The van der Waals surface area contributed by atoms with E-state index in [9.17, 15) is 0 Å². The summed E-state index contributed by atoms with van der Waals surface area (Å²) in [7, 11) is 0. The molecule has 0 fully saturated rings. The van der Waals surface area contributed by atoms with Crippen LogP contribution in [0.1, 0.15) is 18.9 Å². The van der Waals surface area contributed by atoms with Crippen molar-refractivity contribution in [2.24, 2.45) is 0 Å². The van der Waals surface area contributed by atoms with E-state index in [0.717, 1.165) is 29.9 Å². The Balaban J connectivity index is 2.27. The molecule has 0 aliphatic rings. The molecule has 0 radical (unpaired) electrons. The SMILES string of the molecule is CCOc1ccc2cc(OCCCBr)ccc2c1C. The van der Waals surface area contributed by atoms with E-state index < -0.39 is 0 Å². The van der Waals surface area contributed by atoms with Gasteiger partial charge in [0.15, 0.2) is 0 Å². The standard InChI is InChI=1S/C16H19BrO2/c1-3-18-16-8-5-13-11-14(19-10-4-9-17)6-7-15(13)12(16)2/h5-8,11H,3-4,9-10H2,1-2H3. The molecule has 0 atom stereocenters. The van der Waals surface area contributed by atoms with Gasteiger partial charge in [-0.25, -0.2) is 0 Å². The maximum Gasteiger partial charge on any atom is 0.122 e. The number of hydrogen-bond donors (Lipinski definition) is 0. The van der Waals surface area contributed by atoms with E-state index in [-0.39, 0.29) is 0 Å². The third-order valence-electron chi connectivity index (χ3n) is 3.06. The Kier molecular flexibility index (Phi) is 5.08. The first-order chi connectivity index (χ1) is 9.26. The molecule has 2 aromatic rings. The molecule has 0 saturated carbocycles. The molecule has 19 heavy (non-hydrogen) atoms. The van der Waals surface area contributed by atoms with Gasteiger partial charge in [0, 0.05) is 5.33 Å². The zero-order chi connectivity index (χ0) is 13.7. The molecule has 0 spiro atoms. The van der Waals surface area contributed by atoms with Gasteiger partial charge in [-0.3, -0.25) is 0 Å². The first-order valence-electron chi connectivity index (χ1n) is 6.61. The summed E-state index contributed by atoms with van der Waals surface area (Å²) in [6.45, 7) is 5.54. The second kappa shape index (κ2) is 6.80. The van der Waals surface area contributed by atoms with Crippen molar-refractivity contribution in [2.75, 3.05) is 18.5 Å². The Hall–Kier alpha value is -1.22. The van der Waals surface area contributed by atoms with Crippen molar-refractivity contribution in [1.29, 1.82) is 0 Å². The molecule has 0 aromatic heterocycles. The van der Waals surface area contributed by atoms with E-state index in [4.69, 9.17) is 9.47 Å². The second-order valence-corrected chi connectivity index (χ2v) is 5.19. The number of hydrogen-bond acceptors (Lipinski definition) is 2. The Morgan fingerprint density at radius 1 is 1.11 bits per heavy atom. The Bertz CT molecular complexity index is 552. The zero-order valence-electron chi connectivity index (χ0n) is 11.4. The third kappa shape index (κ3) is 3.41.